The smallest absolute Gasteiger partial charge is 0.0843 e. The van der Waals surface area contributed by atoms with E-state index in [2.05, 4.69) is 21.4 Å². The Labute approximate surface area is 107 Å². The van der Waals surface area contributed by atoms with Gasteiger partial charge in [0.1, 0.15) is 0 Å². The molecule has 86 valence electrons. The summed E-state index contributed by atoms with van der Waals surface area (Å²) in [5.74, 6) is 0.562. The van der Waals surface area contributed by atoms with E-state index in [0.29, 0.717) is 5.88 Å². The average molecular weight is 265 g/mol. The van der Waals surface area contributed by atoms with Crippen LogP contribution in [-0.2, 0) is 6.42 Å². The van der Waals surface area contributed by atoms with Crippen molar-refractivity contribution in [3.05, 3.63) is 35.6 Å². The van der Waals surface area contributed by atoms with E-state index in [1.807, 2.05) is 23.8 Å². The van der Waals surface area contributed by atoms with Crippen molar-refractivity contribution < 1.29 is 0 Å². The van der Waals surface area contributed by atoms with Crippen molar-refractivity contribution in [1.29, 1.82) is 0 Å². The second-order valence-corrected chi connectivity index (χ2v) is 4.86. The van der Waals surface area contributed by atoms with Gasteiger partial charge in [-0.2, -0.15) is 0 Å². The number of hydrogen-bond acceptors (Lipinski definition) is 4. The number of halogens is 1. The molecule has 2 heterocycles. The summed E-state index contributed by atoms with van der Waals surface area (Å²) >= 11 is 7.29. The Bertz CT molecular complexity index is 646. The van der Waals surface area contributed by atoms with E-state index < -0.39 is 0 Å². The summed E-state index contributed by atoms with van der Waals surface area (Å²) in [6.07, 6.45) is 2.65. The number of aryl methyl sites for hydroxylation is 1. The average Bonchev–Trinajstić information content (AvgIpc) is 2.96. The molecule has 4 nitrogen and oxygen atoms in total. The van der Waals surface area contributed by atoms with Crippen molar-refractivity contribution in [2.24, 2.45) is 0 Å². The number of aromatic nitrogens is 4. The van der Waals surface area contributed by atoms with E-state index in [1.54, 1.807) is 16.0 Å². The van der Waals surface area contributed by atoms with Gasteiger partial charge >= 0.3 is 0 Å². The number of hydrogen-bond donors (Lipinski definition) is 0. The number of rotatable bonds is 3. The Balaban J connectivity index is 2.00. The van der Waals surface area contributed by atoms with Gasteiger partial charge in [-0.15, -0.1) is 28.0 Å². The maximum atomic E-state index is 5.67. The lowest BCUT2D eigenvalue weighted by molar-refractivity contribution is 0.799. The number of benzene rings is 1. The van der Waals surface area contributed by atoms with Gasteiger partial charge in [0.15, 0.2) is 0 Å². The Morgan fingerprint density at radius 3 is 3.18 bits per heavy atom. The van der Waals surface area contributed by atoms with Gasteiger partial charge in [0.2, 0.25) is 0 Å². The van der Waals surface area contributed by atoms with Crippen molar-refractivity contribution in [1.82, 2.24) is 20.0 Å². The molecule has 0 aliphatic carbocycles. The van der Waals surface area contributed by atoms with Gasteiger partial charge in [-0.1, -0.05) is 5.21 Å². The minimum atomic E-state index is 0.562. The quantitative estimate of drug-likeness (QED) is 0.683. The van der Waals surface area contributed by atoms with Gasteiger partial charge in [-0.25, -0.2) is 9.67 Å². The number of fused-ring (bicyclic) bond motifs is 1. The zero-order valence-electron chi connectivity index (χ0n) is 8.88. The third kappa shape index (κ3) is 2.03. The molecule has 3 aromatic rings. The van der Waals surface area contributed by atoms with Crippen molar-refractivity contribution in [3.63, 3.8) is 0 Å². The maximum Gasteiger partial charge on any atom is 0.0843 e. The molecule has 0 saturated heterocycles. The van der Waals surface area contributed by atoms with Crippen molar-refractivity contribution in [3.8, 4) is 5.69 Å². The lowest BCUT2D eigenvalue weighted by Gasteiger charge is -1.98. The first-order chi connectivity index (χ1) is 8.36. The molecule has 0 amide bonds. The predicted octanol–water partition coefficient (Wildman–Crippen LogP) is 2.66. The van der Waals surface area contributed by atoms with Gasteiger partial charge in [-0.05, 0) is 18.2 Å². The number of alkyl halides is 1. The van der Waals surface area contributed by atoms with Gasteiger partial charge in [0, 0.05) is 12.3 Å². The molecule has 0 fully saturated rings. The summed E-state index contributed by atoms with van der Waals surface area (Å²) in [7, 11) is 0. The van der Waals surface area contributed by atoms with Gasteiger partial charge in [-0.3, -0.25) is 0 Å². The summed E-state index contributed by atoms with van der Waals surface area (Å²) in [6, 6.07) is 6.04. The summed E-state index contributed by atoms with van der Waals surface area (Å²) in [4.78, 5) is 4.24. The number of thiazole rings is 1. The molecule has 2 aromatic heterocycles. The van der Waals surface area contributed by atoms with E-state index in [-0.39, 0.29) is 0 Å². The minimum absolute atomic E-state index is 0.562. The topological polar surface area (TPSA) is 43.6 Å². The van der Waals surface area contributed by atoms with Gasteiger partial charge < -0.3 is 0 Å². The molecule has 17 heavy (non-hydrogen) atoms. The van der Waals surface area contributed by atoms with Crippen LogP contribution in [0.1, 0.15) is 5.69 Å². The van der Waals surface area contributed by atoms with Crippen LogP contribution in [0.5, 0.6) is 0 Å². The Kier molecular flexibility index (Phi) is 2.78. The third-order valence-corrected chi connectivity index (χ3v) is 3.45. The first kappa shape index (κ1) is 10.7. The van der Waals surface area contributed by atoms with Crippen molar-refractivity contribution in [2.75, 3.05) is 5.88 Å². The molecular weight excluding hydrogens is 256 g/mol. The molecule has 0 saturated carbocycles. The van der Waals surface area contributed by atoms with E-state index >= 15 is 0 Å². The Morgan fingerprint density at radius 2 is 2.29 bits per heavy atom. The fraction of sp³-hybridized carbons (Fsp3) is 0.182. The van der Waals surface area contributed by atoms with Crippen LogP contribution >= 0.6 is 22.9 Å². The number of nitrogens with zero attached hydrogens (tertiary/aromatic N) is 4. The molecule has 6 heteroatoms. The summed E-state index contributed by atoms with van der Waals surface area (Å²) in [5.41, 5.74) is 4.76. The zero-order chi connectivity index (χ0) is 11.7. The molecule has 0 aliphatic heterocycles. The molecule has 0 unspecified atom stereocenters. The summed E-state index contributed by atoms with van der Waals surface area (Å²) in [6.45, 7) is 0. The van der Waals surface area contributed by atoms with Crippen LogP contribution in [0.15, 0.2) is 29.9 Å². The van der Waals surface area contributed by atoms with Gasteiger partial charge in [0.05, 0.1) is 33.3 Å². The highest BCUT2D eigenvalue weighted by molar-refractivity contribution is 7.16. The Hall–Kier alpha value is -1.46. The SMILES string of the molecule is ClCCc1cn(-c2ccc3ncsc3c2)nn1. The maximum absolute atomic E-state index is 5.67. The Morgan fingerprint density at radius 1 is 1.35 bits per heavy atom. The molecule has 0 N–H and O–H groups in total. The van der Waals surface area contributed by atoms with Crippen molar-refractivity contribution in [2.45, 2.75) is 6.42 Å². The second-order valence-electron chi connectivity index (χ2n) is 3.60. The molecule has 1 aromatic carbocycles. The summed E-state index contributed by atoms with van der Waals surface area (Å²) < 4.78 is 2.91. The fourth-order valence-electron chi connectivity index (χ4n) is 1.62. The zero-order valence-corrected chi connectivity index (χ0v) is 10.4. The first-order valence-electron chi connectivity index (χ1n) is 5.17. The minimum Gasteiger partial charge on any atom is -0.245 e. The largest absolute Gasteiger partial charge is 0.245 e. The molecule has 0 bridgehead atoms. The third-order valence-electron chi connectivity index (χ3n) is 2.47. The highest BCUT2D eigenvalue weighted by atomic mass is 35.5. The van der Waals surface area contributed by atoms with E-state index in [4.69, 9.17) is 11.6 Å². The molecule has 0 atom stereocenters. The predicted molar refractivity (Wildman–Crippen MR) is 69.0 cm³/mol. The highest BCUT2D eigenvalue weighted by Crippen LogP contribution is 2.20. The van der Waals surface area contributed by atoms with E-state index in [1.165, 1.54) is 0 Å². The standard InChI is InChI=1S/C11H9ClN4S/c12-4-3-8-6-16(15-14-8)9-1-2-10-11(5-9)17-7-13-10/h1-2,5-7H,3-4H2. The van der Waals surface area contributed by atoms with E-state index in [0.717, 1.165) is 28.0 Å². The molecule has 0 spiro atoms. The van der Waals surface area contributed by atoms with E-state index in [9.17, 15) is 0 Å². The fourth-order valence-corrected chi connectivity index (χ4v) is 2.53. The molecular formula is C11H9ClN4S. The first-order valence-corrected chi connectivity index (χ1v) is 6.59. The van der Waals surface area contributed by atoms with Gasteiger partial charge in [0.25, 0.3) is 0 Å². The molecule has 3 rings (SSSR count). The summed E-state index contributed by atoms with van der Waals surface area (Å²) in [5, 5.41) is 8.15. The lowest BCUT2D eigenvalue weighted by Crippen LogP contribution is -1.94. The molecule has 0 aliphatic rings. The monoisotopic (exact) mass is 264 g/mol. The van der Waals surface area contributed by atoms with Crippen molar-refractivity contribution >= 4 is 33.2 Å². The van der Waals surface area contributed by atoms with Crippen LogP contribution in [0.25, 0.3) is 15.9 Å². The second kappa shape index (κ2) is 4.43. The van der Waals surface area contributed by atoms with Crippen LogP contribution in [0.4, 0.5) is 0 Å². The van der Waals surface area contributed by atoms with Crippen LogP contribution in [0.2, 0.25) is 0 Å². The van der Waals surface area contributed by atoms with Crippen LogP contribution in [0.3, 0.4) is 0 Å². The van der Waals surface area contributed by atoms with Crippen LogP contribution in [-0.4, -0.2) is 25.9 Å². The lowest BCUT2D eigenvalue weighted by atomic mass is 10.3. The molecule has 0 radical (unpaired) electrons. The van der Waals surface area contributed by atoms with Crippen LogP contribution in [0, 0.1) is 0 Å². The highest BCUT2D eigenvalue weighted by Gasteiger charge is 2.04. The normalized spacial score (nSPS) is 11.1. The van der Waals surface area contributed by atoms with Crippen LogP contribution < -0.4 is 0 Å².